The summed E-state index contributed by atoms with van der Waals surface area (Å²) in [5, 5.41) is 10.6. The van der Waals surface area contributed by atoms with Gasteiger partial charge in [0, 0.05) is 25.7 Å². The number of hydrogen-bond acceptors (Lipinski definition) is 15. The van der Waals surface area contributed by atoms with E-state index in [1.54, 1.807) is 0 Å². The molecule has 0 aromatic heterocycles. The maximum absolute atomic E-state index is 13.1. The Hall–Kier alpha value is -1.94. The average molecular weight is 1510 g/mol. The molecule has 0 heterocycles. The number of phosphoric acid groups is 2. The van der Waals surface area contributed by atoms with Gasteiger partial charge in [-0.3, -0.25) is 37.3 Å². The van der Waals surface area contributed by atoms with E-state index in [2.05, 4.69) is 55.4 Å². The van der Waals surface area contributed by atoms with Crippen molar-refractivity contribution in [1.82, 2.24) is 0 Å². The largest absolute Gasteiger partial charge is 0.472 e. The second kappa shape index (κ2) is 72.9. The second-order valence-corrected chi connectivity index (χ2v) is 35.0. The third-order valence-electron chi connectivity index (χ3n) is 19.6. The number of rotatable bonds is 81. The van der Waals surface area contributed by atoms with Crippen LogP contribution in [-0.4, -0.2) is 96.7 Å². The van der Waals surface area contributed by atoms with Crippen LogP contribution in [0.5, 0.6) is 0 Å². The number of esters is 4. The molecular weight excluding hydrogens is 1340 g/mol. The van der Waals surface area contributed by atoms with Crippen LogP contribution in [0, 0.1) is 23.7 Å². The molecule has 0 radical (unpaired) electrons. The summed E-state index contributed by atoms with van der Waals surface area (Å²) in [6, 6.07) is 0. The van der Waals surface area contributed by atoms with Crippen LogP contribution in [0.25, 0.3) is 0 Å². The summed E-state index contributed by atoms with van der Waals surface area (Å²) in [6.45, 7) is 14.2. The lowest BCUT2D eigenvalue weighted by atomic mass is 10.0. The van der Waals surface area contributed by atoms with Crippen molar-refractivity contribution in [3.8, 4) is 0 Å². The summed E-state index contributed by atoms with van der Waals surface area (Å²) in [5.74, 6) is 0.945. The molecule has 5 atom stereocenters. The second-order valence-electron chi connectivity index (χ2n) is 32.1. The normalized spacial score (nSPS) is 14.0. The van der Waals surface area contributed by atoms with Gasteiger partial charge in [-0.2, -0.15) is 0 Å². The molecule has 0 aliphatic carbocycles. The van der Waals surface area contributed by atoms with Gasteiger partial charge in [0.1, 0.15) is 19.3 Å². The van der Waals surface area contributed by atoms with E-state index in [-0.39, 0.29) is 25.7 Å². The van der Waals surface area contributed by atoms with Gasteiger partial charge >= 0.3 is 39.5 Å². The summed E-state index contributed by atoms with van der Waals surface area (Å²) in [5.41, 5.74) is 0. The van der Waals surface area contributed by atoms with Crippen molar-refractivity contribution in [3.05, 3.63) is 0 Å². The fourth-order valence-corrected chi connectivity index (χ4v) is 14.5. The molecule has 0 saturated carbocycles. The fourth-order valence-electron chi connectivity index (χ4n) is 13.0. The third kappa shape index (κ3) is 78.0. The van der Waals surface area contributed by atoms with Crippen molar-refractivity contribution in [2.75, 3.05) is 39.6 Å². The first-order valence-electron chi connectivity index (χ1n) is 43.2. The number of ether oxygens (including phenoxy) is 4. The zero-order chi connectivity index (χ0) is 76.0. The Bertz CT molecular complexity index is 2010. The van der Waals surface area contributed by atoms with Gasteiger partial charge in [0.15, 0.2) is 12.2 Å². The van der Waals surface area contributed by atoms with Gasteiger partial charge in [0.05, 0.1) is 26.4 Å². The number of aliphatic hydroxyl groups is 1. The summed E-state index contributed by atoms with van der Waals surface area (Å²) >= 11 is 0. The van der Waals surface area contributed by atoms with Crippen LogP contribution in [0.2, 0.25) is 0 Å². The van der Waals surface area contributed by atoms with Gasteiger partial charge in [0.25, 0.3) is 0 Å². The van der Waals surface area contributed by atoms with E-state index in [1.165, 1.54) is 231 Å². The van der Waals surface area contributed by atoms with Crippen molar-refractivity contribution >= 4 is 39.5 Å². The average Bonchev–Trinajstić information content (AvgIpc) is 0.914. The molecule has 0 aliphatic rings. The van der Waals surface area contributed by atoms with Gasteiger partial charge in [0.2, 0.25) is 0 Å². The standard InChI is InChI=1S/C84H164O17P2/c1-74(2)60-52-44-36-30-25-21-17-13-9-11-15-19-23-27-33-39-48-56-64-81(86)94-70-79(100-83(88)66-58-50-40-34-28-24-20-16-12-10-14-18-22-26-31-37-45-53-61-75(3)4)72-98-102(90,91)96-68-78(85)69-97-103(92,93)99-73-80(71-95-82(87)65-57-49-43-42-47-55-63-77(7)8)101-84(89)67-59-51-41-35-29-32-38-46-54-62-76(5)6/h74-80,85H,9-73H2,1-8H3,(H,90,91)(H,92,93)/t78-,79-,80-/m1/s1. The smallest absolute Gasteiger partial charge is 0.462 e. The molecule has 612 valence electrons. The molecule has 103 heavy (non-hydrogen) atoms. The number of unbranched alkanes of at least 4 members (excludes halogenated alkanes) is 47. The number of carbonyl (C=O) groups excluding carboxylic acids is 4. The van der Waals surface area contributed by atoms with Crippen molar-refractivity contribution in [2.45, 2.75) is 453 Å². The minimum Gasteiger partial charge on any atom is -0.462 e. The van der Waals surface area contributed by atoms with Gasteiger partial charge in [-0.15, -0.1) is 0 Å². The molecule has 0 aromatic rings. The Morgan fingerprint density at radius 3 is 0.602 bits per heavy atom. The SMILES string of the molecule is CC(C)CCCCCCCCCCCCCCCCCCCCC(=O)OC[C@H](COP(=O)(O)OC[C@@H](O)COP(=O)(O)OC[C@@H](COC(=O)CCCCCCCCC(C)C)OC(=O)CCCCCCCCCCCC(C)C)OC(=O)CCCCCCCCCCCCCCCCCCCCC(C)C. The minimum absolute atomic E-state index is 0.104. The van der Waals surface area contributed by atoms with E-state index >= 15 is 0 Å². The number of hydrogen-bond donors (Lipinski definition) is 3. The Morgan fingerprint density at radius 1 is 0.243 bits per heavy atom. The number of carbonyl (C=O) groups is 4. The first kappa shape index (κ1) is 101. The Labute approximate surface area is 632 Å². The van der Waals surface area contributed by atoms with E-state index in [0.29, 0.717) is 31.6 Å². The number of phosphoric ester groups is 2. The molecule has 0 bridgehead atoms. The lowest BCUT2D eigenvalue weighted by Gasteiger charge is -2.21. The maximum Gasteiger partial charge on any atom is 0.472 e. The lowest BCUT2D eigenvalue weighted by Crippen LogP contribution is -2.30. The van der Waals surface area contributed by atoms with E-state index in [1.807, 2.05) is 0 Å². The number of aliphatic hydroxyl groups excluding tert-OH is 1. The topological polar surface area (TPSA) is 237 Å². The fraction of sp³-hybridized carbons (Fsp3) is 0.952. The predicted molar refractivity (Wildman–Crippen MR) is 423 cm³/mol. The molecule has 0 amide bonds. The quantitative estimate of drug-likeness (QED) is 0.0222. The molecule has 17 nitrogen and oxygen atoms in total. The summed E-state index contributed by atoms with van der Waals surface area (Å²) < 4.78 is 68.7. The van der Waals surface area contributed by atoms with Crippen molar-refractivity contribution in [2.24, 2.45) is 23.7 Å². The lowest BCUT2D eigenvalue weighted by molar-refractivity contribution is -0.161. The van der Waals surface area contributed by atoms with E-state index in [0.717, 1.165) is 114 Å². The van der Waals surface area contributed by atoms with Gasteiger partial charge < -0.3 is 33.8 Å². The highest BCUT2D eigenvalue weighted by molar-refractivity contribution is 7.47. The van der Waals surface area contributed by atoms with E-state index < -0.39 is 97.5 Å². The van der Waals surface area contributed by atoms with Crippen LogP contribution in [0.15, 0.2) is 0 Å². The summed E-state index contributed by atoms with van der Waals surface area (Å²) in [4.78, 5) is 73.0. The summed E-state index contributed by atoms with van der Waals surface area (Å²) in [6.07, 6.45) is 61.5. The van der Waals surface area contributed by atoms with E-state index in [4.69, 9.17) is 37.0 Å². The molecule has 0 saturated heterocycles. The van der Waals surface area contributed by atoms with Crippen molar-refractivity contribution < 1.29 is 80.2 Å². The monoisotopic (exact) mass is 1510 g/mol. The third-order valence-corrected chi connectivity index (χ3v) is 21.5. The highest BCUT2D eigenvalue weighted by Crippen LogP contribution is 2.45. The molecule has 2 unspecified atom stereocenters. The molecule has 0 spiro atoms. The molecule has 19 heteroatoms. The highest BCUT2D eigenvalue weighted by Gasteiger charge is 2.30. The zero-order valence-electron chi connectivity index (χ0n) is 68.0. The molecule has 3 N–H and O–H groups in total. The maximum atomic E-state index is 13.1. The van der Waals surface area contributed by atoms with Crippen LogP contribution >= 0.6 is 15.6 Å². The Kier molecular flexibility index (Phi) is 71.5. The van der Waals surface area contributed by atoms with Crippen LogP contribution in [0.3, 0.4) is 0 Å². The minimum atomic E-state index is -4.97. The van der Waals surface area contributed by atoms with Crippen LogP contribution in [0.4, 0.5) is 0 Å². The first-order valence-corrected chi connectivity index (χ1v) is 46.2. The molecule has 0 fully saturated rings. The Morgan fingerprint density at radius 2 is 0.408 bits per heavy atom. The van der Waals surface area contributed by atoms with Crippen LogP contribution < -0.4 is 0 Å². The zero-order valence-corrected chi connectivity index (χ0v) is 69.7. The molecule has 0 aliphatic heterocycles. The van der Waals surface area contributed by atoms with Crippen LogP contribution in [-0.2, 0) is 65.4 Å². The first-order chi connectivity index (χ1) is 49.6. The molecule has 0 aromatic carbocycles. The highest BCUT2D eigenvalue weighted by atomic mass is 31.2. The summed E-state index contributed by atoms with van der Waals surface area (Å²) in [7, 11) is -9.92. The van der Waals surface area contributed by atoms with E-state index in [9.17, 15) is 43.2 Å². The van der Waals surface area contributed by atoms with Crippen LogP contribution in [0.1, 0.15) is 434 Å². The molecule has 0 rings (SSSR count). The van der Waals surface area contributed by atoms with Crippen molar-refractivity contribution in [1.29, 1.82) is 0 Å². The molecular formula is C84H164O17P2. The Balaban J connectivity index is 5.19. The van der Waals surface area contributed by atoms with Gasteiger partial charge in [-0.25, -0.2) is 9.13 Å². The van der Waals surface area contributed by atoms with Gasteiger partial charge in [-0.05, 0) is 49.4 Å². The van der Waals surface area contributed by atoms with Gasteiger partial charge in [-0.1, -0.05) is 383 Å². The predicted octanol–water partition coefficient (Wildman–Crippen LogP) is 25.2. The van der Waals surface area contributed by atoms with Crippen molar-refractivity contribution in [3.63, 3.8) is 0 Å².